The van der Waals surface area contributed by atoms with Crippen LogP contribution in [-0.2, 0) is 9.53 Å². The molecule has 0 heterocycles. The van der Waals surface area contributed by atoms with E-state index in [-0.39, 0.29) is 5.97 Å². The maximum atomic E-state index is 11.2. The zero-order valence-corrected chi connectivity index (χ0v) is 28.8. The largest absolute Gasteiger partial charge is 0.466 e. The van der Waals surface area contributed by atoms with Crippen LogP contribution in [0.5, 0.6) is 0 Å². The lowest BCUT2D eigenvalue weighted by Crippen LogP contribution is -2.03. The fraction of sp³-hybridized carbons (Fsp3) is 0.974. The average molecular weight is 583 g/mol. The van der Waals surface area contributed by atoms with Crippen LogP contribution >= 0.6 is 0 Å². The van der Waals surface area contributed by atoms with Gasteiger partial charge >= 0.3 is 5.97 Å². The van der Waals surface area contributed by atoms with Gasteiger partial charge in [0.1, 0.15) is 0 Å². The Bertz CT molecular complexity index is 435. The summed E-state index contributed by atoms with van der Waals surface area (Å²) in [6.07, 6.45) is 43.1. The summed E-state index contributed by atoms with van der Waals surface area (Å²) >= 11 is 0. The van der Waals surface area contributed by atoms with Crippen molar-refractivity contribution in [3.05, 3.63) is 0 Å². The molecule has 0 aliphatic carbocycles. The third kappa shape index (κ3) is 44.0. The summed E-state index contributed by atoms with van der Waals surface area (Å²) in [4.78, 5) is 11.2. The van der Waals surface area contributed by atoms with Crippen molar-refractivity contribution in [3.8, 4) is 0 Å². The highest BCUT2D eigenvalue weighted by Gasteiger charge is 2.00. The second-order valence-electron chi connectivity index (χ2n) is 12.5. The van der Waals surface area contributed by atoms with E-state index in [2.05, 4.69) is 13.8 Å². The number of carbonyl (C=O) groups excluding carboxylic acids is 1. The van der Waals surface area contributed by atoms with Crippen molar-refractivity contribution < 1.29 is 14.6 Å². The third-order valence-corrected chi connectivity index (χ3v) is 8.30. The van der Waals surface area contributed by atoms with Gasteiger partial charge in [-0.2, -0.15) is 0 Å². The second kappa shape index (κ2) is 41.6. The Morgan fingerprint density at radius 3 is 0.878 bits per heavy atom. The number of esters is 1. The molecule has 3 nitrogen and oxygen atoms in total. The molecule has 0 atom stereocenters. The standard InChI is InChI=1S/C20H40O2.C18H38O/c1-3-5-6-7-8-9-10-11-12-13-14-15-16-17-18-19-20(21)22-4-2;1-2-3-4-5-6-7-8-9-10-11-12-13-14-15-16-17-18-19/h3-19H2,1-2H3;19H,2-18H2,1H3. The van der Waals surface area contributed by atoms with Crippen LogP contribution in [0.1, 0.15) is 226 Å². The number of aliphatic hydroxyl groups is 1. The summed E-state index contributed by atoms with van der Waals surface area (Å²) in [6.45, 7) is 7.31. The maximum absolute atomic E-state index is 11.2. The summed E-state index contributed by atoms with van der Waals surface area (Å²) in [5.74, 6) is -0.0304. The van der Waals surface area contributed by atoms with E-state index in [0.29, 0.717) is 19.6 Å². The van der Waals surface area contributed by atoms with Gasteiger partial charge in [-0.3, -0.25) is 4.79 Å². The van der Waals surface area contributed by atoms with E-state index in [9.17, 15) is 4.79 Å². The van der Waals surface area contributed by atoms with Crippen LogP contribution in [0, 0.1) is 0 Å². The first-order valence-corrected chi connectivity index (χ1v) is 19.0. The Morgan fingerprint density at radius 2 is 0.634 bits per heavy atom. The van der Waals surface area contributed by atoms with E-state index < -0.39 is 0 Å². The minimum Gasteiger partial charge on any atom is -0.466 e. The van der Waals surface area contributed by atoms with Crippen molar-refractivity contribution in [1.82, 2.24) is 0 Å². The summed E-state index contributed by atoms with van der Waals surface area (Å²) in [5.41, 5.74) is 0. The molecule has 0 aliphatic rings. The highest BCUT2D eigenvalue weighted by Crippen LogP contribution is 2.15. The van der Waals surface area contributed by atoms with Crippen LogP contribution in [0.4, 0.5) is 0 Å². The molecule has 0 aromatic heterocycles. The molecule has 0 radical (unpaired) electrons. The molecule has 0 unspecified atom stereocenters. The molecule has 0 fully saturated rings. The SMILES string of the molecule is CCCCCCCCCCCCCCCCCC(=O)OCC.CCCCCCCCCCCCCCCCCCO. The minimum absolute atomic E-state index is 0.0304. The van der Waals surface area contributed by atoms with E-state index in [0.717, 1.165) is 12.8 Å². The fourth-order valence-electron chi connectivity index (χ4n) is 5.53. The van der Waals surface area contributed by atoms with Crippen LogP contribution in [0.25, 0.3) is 0 Å². The quantitative estimate of drug-likeness (QED) is 0.0618. The van der Waals surface area contributed by atoms with Gasteiger partial charge in [0.25, 0.3) is 0 Å². The molecule has 1 N–H and O–H groups in total. The fourth-order valence-corrected chi connectivity index (χ4v) is 5.53. The van der Waals surface area contributed by atoms with Crippen LogP contribution in [0.3, 0.4) is 0 Å². The Kier molecular flexibility index (Phi) is 43.1. The molecule has 0 aromatic rings. The molecule has 0 aromatic carbocycles. The summed E-state index contributed by atoms with van der Waals surface area (Å²) < 4.78 is 4.92. The van der Waals surface area contributed by atoms with Crippen LogP contribution in [0.2, 0.25) is 0 Å². The number of aliphatic hydroxyl groups excluding tert-OH is 1. The molecule has 0 saturated carbocycles. The summed E-state index contributed by atoms with van der Waals surface area (Å²) in [5, 5.41) is 8.67. The van der Waals surface area contributed by atoms with Gasteiger partial charge in [-0.15, -0.1) is 0 Å². The number of unbranched alkanes of at least 4 members (excludes halogenated alkanes) is 29. The monoisotopic (exact) mass is 583 g/mol. The zero-order valence-electron chi connectivity index (χ0n) is 28.8. The smallest absolute Gasteiger partial charge is 0.305 e. The molecule has 0 saturated heterocycles. The molecule has 0 rings (SSSR count). The van der Waals surface area contributed by atoms with E-state index in [1.165, 1.54) is 186 Å². The number of hydrogen-bond acceptors (Lipinski definition) is 3. The highest BCUT2D eigenvalue weighted by molar-refractivity contribution is 5.69. The maximum Gasteiger partial charge on any atom is 0.305 e. The van der Waals surface area contributed by atoms with Crippen molar-refractivity contribution in [2.45, 2.75) is 226 Å². The number of hydrogen-bond donors (Lipinski definition) is 1. The van der Waals surface area contributed by atoms with Crippen LogP contribution in [-0.4, -0.2) is 24.3 Å². The van der Waals surface area contributed by atoms with Gasteiger partial charge in [-0.25, -0.2) is 0 Å². The first kappa shape index (κ1) is 42.6. The lowest BCUT2D eigenvalue weighted by molar-refractivity contribution is -0.143. The predicted molar refractivity (Wildman–Crippen MR) is 183 cm³/mol. The Morgan fingerprint density at radius 1 is 0.390 bits per heavy atom. The Hall–Kier alpha value is -0.570. The molecule has 41 heavy (non-hydrogen) atoms. The van der Waals surface area contributed by atoms with Crippen molar-refractivity contribution in [2.24, 2.45) is 0 Å². The van der Waals surface area contributed by atoms with Gasteiger partial charge < -0.3 is 9.84 Å². The zero-order chi connectivity index (χ0) is 30.3. The Balaban J connectivity index is 0. The normalized spacial score (nSPS) is 10.9. The predicted octanol–water partition coefficient (Wildman–Crippen LogP) is 13.1. The van der Waals surface area contributed by atoms with E-state index in [1.807, 2.05) is 6.92 Å². The van der Waals surface area contributed by atoms with E-state index in [4.69, 9.17) is 9.84 Å². The first-order chi connectivity index (χ1) is 20.2. The summed E-state index contributed by atoms with van der Waals surface area (Å²) in [7, 11) is 0. The van der Waals surface area contributed by atoms with Crippen molar-refractivity contribution in [1.29, 1.82) is 0 Å². The van der Waals surface area contributed by atoms with Crippen molar-refractivity contribution in [2.75, 3.05) is 13.2 Å². The van der Waals surface area contributed by atoms with Crippen molar-refractivity contribution in [3.63, 3.8) is 0 Å². The molecule has 0 bridgehead atoms. The van der Waals surface area contributed by atoms with Gasteiger partial charge in [0.05, 0.1) is 6.61 Å². The molecular weight excluding hydrogens is 504 g/mol. The topological polar surface area (TPSA) is 46.5 Å². The van der Waals surface area contributed by atoms with Gasteiger partial charge in [0, 0.05) is 13.0 Å². The lowest BCUT2D eigenvalue weighted by Gasteiger charge is -2.03. The van der Waals surface area contributed by atoms with Gasteiger partial charge in [-0.1, -0.05) is 200 Å². The molecule has 0 aliphatic heterocycles. The van der Waals surface area contributed by atoms with Gasteiger partial charge in [0.15, 0.2) is 0 Å². The van der Waals surface area contributed by atoms with Crippen LogP contribution < -0.4 is 0 Å². The number of ether oxygens (including phenoxy) is 1. The average Bonchev–Trinajstić information content (AvgIpc) is 2.97. The van der Waals surface area contributed by atoms with Gasteiger partial charge in [-0.05, 0) is 19.8 Å². The van der Waals surface area contributed by atoms with Gasteiger partial charge in [0.2, 0.25) is 0 Å². The van der Waals surface area contributed by atoms with Crippen molar-refractivity contribution >= 4 is 5.97 Å². The number of rotatable bonds is 33. The number of carbonyl (C=O) groups is 1. The molecule has 0 spiro atoms. The lowest BCUT2D eigenvalue weighted by atomic mass is 10.0. The van der Waals surface area contributed by atoms with Crippen LogP contribution in [0.15, 0.2) is 0 Å². The minimum atomic E-state index is -0.0304. The second-order valence-corrected chi connectivity index (χ2v) is 12.5. The molecule has 248 valence electrons. The first-order valence-electron chi connectivity index (χ1n) is 19.0. The highest BCUT2D eigenvalue weighted by atomic mass is 16.5. The Labute approximate surface area is 259 Å². The molecule has 0 amide bonds. The third-order valence-electron chi connectivity index (χ3n) is 8.30. The van der Waals surface area contributed by atoms with E-state index in [1.54, 1.807) is 0 Å². The molecule has 3 heteroatoms. The molecular formula is C38H78O3. The summed E-state index contributed by atoms with van der Waals surface area (Å²) in [6, 6.07) is 0. The van der Waals surface area contributed by atoms with E-state index >= 15 is 0 Å².